The third-order valence-corrected chi connectivity index (χ3v) is 14.7. The summed E-state index contributed by atoms with van der Waals surface area (Å²) in [6.07, 6.45) is 16.4. The Hall–Kier alpha value is 0.110. The van der Waals surface area contributed by atoms with Crippen LogP contribution in [0.5, 0.6) is 0 Å². The fourth-order valence-electron chi connectivity index (χ4n) is 10.1. The molecule has 4 rings (SSSR count). The van der Waals surface area contributed by atoms with E-state index in [1.807, 2.05) is 28.2 Å². The maximum atomic E-state index is 13.5. The Balaban J connectivity index is 1.42. The zero-order valence-electron chi connectivity index (χ0n) is 25.3. The van der Waals surface area contributed by atoms with Gasteiger partial charge in [-0.3, -0.25) is 4.57 Å². The molecule has 4 nitrogen and oxygen atoms in total. The van der Waals surface area contributed by atoms with E-state index in [-0.39, 0.29) is 6.10 Å². The van der Waals surface area contributed by atoms with Gasteiger partial charge in [-0.1, -0.05) is 53.9 Å². The molecule has 0 spiro atoms. The summed E-state index contributed by atoms with van der Waals surface area (Å²) >= 11 is 0. The monoisotopic (exact) mass is 522 g/mol. The molecule has 0 aromatic carbocycles. The van der Waals surface area contributed by atoms with Crippen LogP contribution in [-0.2, 0) is 9.09 Å². The Morgan fingerprint density at radius 3 is 2.11 bits per heavy atom. The molecule has 36 heavy (non-hydrogen) atoms. The molecule has 0 aliphatic heterocycles. The van der Waals surface area contributed by atoms with Crippen LogP contribution in [0.4, 0.5) is 0 Å². The van der Waals surface area contributed by atoms with Crippen molar-refractivity contribution in [1.29, 1.82) is 0 Å². The van der Waals surface area contributed by atoms with Crippen LogP contribution in [0.3, 0.4) is 0 Å². The first kappa shape index (κ1) is 29.1. The quantitative estimate of drug-likeness (QED) is 0.283. The summed E-state index contributed by atoms with van der Waals surface area (Å²) in [4.78, 5) is 0. The van der Waals surface area contributed by atoms with Gasteiger partial charge in [0, 0.05) is 0 Å². The Bertz CT molecular complexity index is 787. The van der Waals surface area contributed by atoms with Crippen LogP contribution in [0, 0.1) is 52.3 Å². The Kier molecular flexibility index (Phi) is 8.84. The van der Waals surface area contributed by atoms with E-state index in [2.05, 4.69) is 34.6 Å². The van der Waals surface area contributed by atoms with Gasteiger partial charge in [0.05, 0.1) is 6.10 Å². The smallest absolute Gasteiger partial charge is 0.303 e. The van der Waals surface area contributed by atoms with E-state index in [4.69, 9.17) is 4.52 Å². The lowest BCUT2D eigenvalue weighted by molar-refractivity contribution is -0.127. The van der Waals surface area contributed by atoms with Crippen molar-refractivity contribution in [1.82, 2.24) is 9.34 Å². The zero-order valence-corrected chi connectivity index (χ0v) is 26.2. The molecule has 0 aromatic heterocycles. The number of fused-ring (bicyclic) bond motifs is 5. The molecule has 0 bridgehead atoms. The van der Waals surface area contributed by atoms with E-state index in [0.29, 0.717) is 10.8 Å². The fraction of sp³-hybridized carbons (Fsp3) is 1.00. The first-order chi connectivity index (χ1) is 16.8. The van der Waals surface area contributed by atoms with Gasteiger partial charge in [0.1, 0.15) is 0 Å². The van der Waals surface area contributed by atoms with Crippen molar-refractivity contribution in [2.75, 3.05) is 28.2 Å². The van der Waals surface area contributed by atoms with Gasteiger partial charge in [-0.05, 0) is 138 Å². The van der Waals surface area contributed by atoms with Crippen molar-refractivity contribution in [3.05, 3.63) is 0 Å². The van der Waals surface area contributed by atoms with E-state index < -0.39 is 7.67 Å². The maximum Gasteiger partial charge on any atom is 0.345 e. The van der Waals surface area contributed by atoms with Gasteiger partial charge in [0.2, 0.25) is 0 Å². The second-order valence-electron chi connectivity index (χ2n) is 14.9. The lowest BCUT2D eigenvalue weighted by Gasteiger charge is -2.61. The second-order valence-corrected chi connectivity index (χ2v) is 17.7. The SMILES string of the molecule is CC(C)CCC[C@@H](C)[C@H]1CC[C@H]2[C@@H]3CC[C@H]4C[C@@H](OP(=O)(N(C)C)N(C)C)CC[C@]4(C)[C@H]3CC[C@]12C. The van der Waals surface area contributed by atoms with Crippen molar-refractivity contribution in [2.45, 2.75) is 118 Å². The first-order valence-electron chi connectivity index (χ1n) is 15.5. The number of hydrogen-bond donors (Lipinski definition) is 0. The molecule has 4 saturated carbocycles. The van der Waals surface area contributed by atoms with Crippen molar-refractivity contribution in [3.8, 4) is 0 Å². The van der Waals surface area contributed by atoms with Crippen LogP contribution in [0.1, 0.15) is 112 Å². The summed E-state index contributed by atoms with van der Waals surface area (Å²) in [7, 11) is 4.63. The van der Waals surface area contributed by atoms with Gasteiger partial charge in [-0.2, -0.15) is 0 Å². The minimum absolute atomic E-state index is 0.131. The normalized spacial score (nSPS) is 41.9. The van der Waals surface area contributed by atoms with Crippen molar-refractivity contribution < 1.29 is 9.09 Å². The molecular weight excluding hydrogens is 463 g/mol. The van der Waals surface area contributed by atoms with E-state index in [9.17, 15) is 4.57 Å². The second kappa shape index (κ2) is 10.9. The molecule has 4 fully saturated rings. The molecule has 0 radical (unpaired) electrons. The summed E-state index contributed by atoms with van der Waals surface area (Å²) in [5.41, 5.74) is 1.03. The third-order valence-electron chi connectivity index (χ3n) is 12.1. The zero-order chi connectivity index (χ0) is 26.5. The van der Waals surface area contributed by atoms with Crippen molar-refractivity contribution >= 4 is 7.67 Å². The summed E-state index contributed by atoms with van der Waals surface area (Å²) in [5.74, 6) is 6.17. The minimum atomic E-state index is -2.92. The summed E-state index contributed by atoms with van der Waals surface area (Å²) in [6.45, 7) is 12.7. The maximum absolute atomic E-state index is 13.5. The topological polar surface area (TPSA) is 32.8 Å². The highest BCUT2D eigenvalue weighted by molar-refractivity contribution is 7.53. The molecule has 0 aromatic rings. The molecule has 9 atom stereocenters. The number of rotatable bonds is 9. The Morgan fingerprint density at radius 2 is 1.47 bits per heavy atom. The summed E-state index contributed by atoms with van der Waals surface area (Å²) < 4.78 is 23.5. The number of nitrogens with zero attached hydrogens (tertiary/aromatic N) is 2. The Labute approximate surface area is 224 Å². The highest BCUT2D eigenvalue weighted by atomic mass is 31.2. The molecule has 0 amide bonds. The summed E-state index contributed by atoms with van der Waals surface area (Å²) in [5, 5.41) is 0. The van der Waals surface area contributed by atoms with Gasteiger partial charge in [-0.15, -0.1) is 0 Å². The molecule has 0 N–H and O–H groups in total. The van der Waals surface area contributed by atoms with Gasteiger partial charge in [-0.25, -0.2) is 9.34 Å². The predicted octanol–water partition coefficient (Wildman–Crippen LogP) is 8.72. The summed E-state index contributed by atoms with van der Waals surface area (Å²) in [6, 6.07) is 0. The molecule has 5 heteroatoms. The number of hydrogen-bond acceptors (Lipinski definition) is 2. The average molecular weight is 523 g/mol. The van der Waals surface area contributed by atoms with E-state index in [0.717, 1.165) is 54.3 Å². The van der Waals surface area contributed by atoms with Crippen LogP contribution >= 0.6 is 7.67 Å². The highest BCUT2D eigenvalue weighted by Crippen LogP contribution is 2.69. The lowest BCUT2D eigenvalue weighted by Crippen LogP contribution is -2.54. The molecule has 4 aliphatic rings. The van der Waals surface area contributed by atoms with Crippen LogP contribution in [-0.4, -0.2) is 43.6 Å². The van der Waals surface area contributed by atoms with Crippen LogP contribution in [0.15, 0.2) is 0 Å². The van der Waals surface area contributed by atoms with Crippen LogP contribution < -0.4 is 0 Å². The van der Waals surface area contributed by atoms with Gasteiger partial charge in [0.15, 0.2) is 0 Å². The molecule has 0 unspecified atom stereocenters. The van der Waals surface area contributed by atoms with Crippen molar-refractivity contribution in [3.63, 3.8) is 0 Å². The predicted molar refractivity (Wildman–Crippen MR) is 153 cm³/mol. The highest BCUT2D eigenvalue weighted by Gasteiger charge is 2.60. The van der Waals surface area contributed by atoms with E-state index in [1.165, 1.54) is 64.2 Å². The first-order valence-corrected chi connectivity index (χ1v) is 17.0. The van der Waals surface area contributed by atoms with E-state index in [1.54, 1.807) is 9.34 Å². The molecule has 0 heterocycles. The fourth-order valence-corrected chi connectivity index (χ4v) is 11.8. The van der Waals surface area contributed by atoms with Gasteiger partial charge >= 0.3 is 7.67 Å². The standard InChI is InChI=1S/C31H59N2O2P/c1-22(2)11-10-12-23(3)27-15-16-28-26-14-13-24-21-25(35-36(34,32(6)7)33(8)9)17-19-30(24,4)29(26)18-20-31(27,28)5/h22-29H,10-21H2,1-9H3/t23-,24+,25+,26+,27-,28+,29+,30+,31-/m1/s1. The van der Waals surface area contributed by atoms with E-state index >= 15 is 0 Å². The lowest BCUT2D eigenvalue weighted by atomic mass is 9.44. The van der Waals surface area contributed by atoms with Gasteiger partial charge in [0.25, 0.3) is 0 Å². The third kappa shape index (κ3) is 5.16. The Morgan fingerprint density at radius 1 is 0.833 bits per heavy atom. The largest absolute Gasteiger partial charge is 0.345 e. The molecule has 210 valence electrons. The minimum Gasteiger partial charge on any atom is -0.303 e. The van der Waals surface area contributed by atoms with Crippen LogP contribution in [0.2, 0.25) is 0 Å². The molecule has 0 saturated heterocycles. The molecular formula is C31H59N2O2P. The molecule has 4 aliphatic carbocycles. The van der Waals surface area contributed by atoms with Crippen molar-refractivity contribution in [2.24, 2.45) is 52.3 Å². The average Bonchev–Trinajstić information content (AvgIpc) is 3.16. The van der Waals surface area contributed by atoms with Crippen LogP contribution in [0.25, 0.3) is 0 Å². The van der Waals surface area contributed by atoms with Gasteiger partial charge < -0.3 is 4.52 Å².